The molecule has 1 spiro atoms. The van der Waals surface area contributed by atoms with Crippen molar-refractivity contribution in [1.29, 1.82) is 5.26 Å². The Hall–Kier alpha value is -3.57. The van der Waals surface area contributed by atoms with Gasteiger partial charge in [-0.15, -0.1) is 6.58 Å². The molecule has 2 heterocycles. The number of benzene rings is 1. The Labute approximate surface area is 168 Å². The summed E-state index contributed by atoms with van der Waals surface area (Å²) in [4.78, 5) is 28.3. The number of nitrogens with two attached hydrogens (primary N) is 1. The number of amides is 1. The minimum atomic E-state index is -1.75. The summed E-state index contributed by atoms with van der Waals surface area (Å²) in [5, 5.41) is 9.89. The molecule has 0 aliphatic carbocycles. The molecule has 1 aromatic carbocycles. The minimum absolute atomic E-state index is 0.0184. The molecule has 8 nitrogen and oxygen atoms in total. The average Bonchev–Trinajstić information content (AvgIpc) is 2.92. The monoisotopic (exact) mass is 395 g/mol. The van der Waals surface area contributed by atoms with Crippen LogP contribution in [0.2, 0.25) is 0 Å². The predicted molar refractivity (Wildman–Crippen MR) is 104 cm³/mol. The van der Waals surface area contributed by atoms with E-state index in [0.29, 0.717) is 11.3 Å². The first kappa shape index (κ1) is 20.2. The summed E-state index contributed by atoms with van der Waals surface area (Å²) < 4.78 is 15.7. The molecular weight excluding hydrogens is 374 g/mol. The van der Waals surface area contributed by atoms with Gasteiger partial charge < -0.3 is 24.8 Å². The van der Waals surface area contributed by atoms with Crippen LogP contribution in [0.25, 0.3) is 0 Å². The third-order valence-corrected chi connectivity index (χ3v) is 4.92. The molecule has 1 amide bonds. The number of para-hydroxylation sites is 1. The van der Waals surface area contributed by atoms with Crippen molar-refractivity contribution < 1.29 is 23.8 Å². The van der Waals surface area contributed by atoms with E-state index < -0.39 is 17.3 Å². The molecule has 1 aromatic rings. The first-order valence-corrected chi connectivity index (χ1v) is 8.93. The summed E-state index contributed by atoms with van der Waals surface area (Å²) in [6.07, 6.45) is 1.57. The maximum Gasteiger partial charge on any atom is 0.339 e. The Kier molecular flexibility index (Phi) is 5.43. The highest BCUT2D eigenvalue weighted by Gasteiger charge is 2.61. The minimum Gasteiger partial charge on any atom is -0.460 e. The highest BCUT2D eigenvalue weighted by atomic mass is 16.6. The topological polar surface area (TPSA) is 115 Å². The lowest BCUT2D eigenvalue weighted by Gasteiger charge is -2.34. The summed E-state index contributed by atoms with van der Waals surface area (Å²) in [7, 11) is 1.48. The largest absolute Gasteiger partial charge is 0.460 e. The molecule has 2 aliphatic heterocycles. The summed E-state index contributed by atoms with van der Waals surface area (Å²) in [5.41, 5.74) is 5.07. The zero-order valence-electron chi connectivity index (χ0n) is 16.2. The van der Waals surface area contributed by atoms with Crippen molar-refractivity contribution in [2.45, 2.75) is 12.3 Å². The zero-order valence-corrected chi connectivity index (χ0v) is 16.2. The van der Waals surface area contributed by atoms with Gasteiger partial charge in [-0.25, -0.2) is 4.79 Å². The summed E-state index contributed by atoms with van der Waals surface area (Å²) in [6, 6.07) is 8.93. The molecule has 8 heteroatoms. The summed E-state index contributed by atoms with van der Waals surface area (Å²) >= 11 is 0. The van der Waals surface area contributed by atoms with Gasteiger partial charge in [-0.3, -0.25) is 4.79 Å². The molecule has 150 valence electrons. The van der Waals surface area contributed by atoms with Gasteiger partial charge in [0.1, 0.15) is 29.6 Å². The van der Waals surface area contributed by atoms with Crippen molar-refractivity contribution in [3.05, 3.63) is 65.3 Å². The van der Waals surface area contributed by atoms with Crippen LogP contribution in [0.3, 0.4) is 0 Å². The number of fused-ring (bicyclic) bond motifs is 2. The second kappa shape index (κ2) is 7.81. The van der Waals surface area contributed by atoms with E-state index >= 15 is 0 Å². The van der Waals surface area contributed by atoms with Crippen LogP contribution in [0.15, 0.2) is 59.7 Å². The van der Waals surface area contributed by atoms with E-state index in [-0.39, 0.29) is 42.5 Å². The van der Waals surface area contributed by atoms with E-state index in [1.54, 1.807) is 30.3 Å². The number of ether oxygens (including phenoxy) is 3. The number of hydrogen-bond acceptors (Lipinski definition) is 7. The van der Waals surface area contributed by atoms with Gasteiger partial charge in [0.25, 0.3) is 0 Å². The number of esters is 1. The lowest BCUT2D eigenvalue weighted by atomic mass is 9.68. The Morgan fingerprint density at radius 1 is 1.41 bits per heavy atom. The predicted octanol–water partition coefficient (Wildman–Crippen LogP) is 1.64. The molecule has 0 aromatic heterocycles. The normalized spacial score (nSPS) is 20.4. The molecule has 3 rings (SSSR count). The molecule has 29 heavy (non-hydrogen) atoms. The lowest BCUT2D eigenvalue weighted by Crippen LogP contribution is -2.48. The fourth-order valence-electron chi connectivity index (χ4n) is 3.81. The number of nitrogens with zero attached hydrogens (tertiary/aromatic N) is 2. The van der Waals surface area contributed by atoms with Crippen molar-refractivity contribution in [3.63, 3.8) is 0 Å². The molecule has 0 radical (unpaired) electrons. The highest BCUT2D eigenvalue weighted by Crippen LogP contribution is 2.53. The molecule has 2 aliphatic rings. The van der Waals surface area contributed by atoms with Gasteiger partial charge in [0, 0.05) is 24.9 Å². The standard InChI is InChI=1S/C21H21N3O5/c1-4-9-24-16-8-6-5-7-14(16)21(20(24)26)15(12-22)18(23)29-13(2)17(21)19(25)28-11-10-27-3/h4-8H,1,9-11,23H2,2-3H3/t21-/m0/s1. The van der Waals surface area contributed by atoms with Crippen LogP contribution in [0.4, 0.5) is 5.69 Å². The molecule has 0 saturated heterocycles. The van der Waals surface area contributed by atoms with E-state index in [1.807, 2.05) is 6.07 Å². The SMILES string of the molecule is C=CCN1C(=O)[C@]2(C(C#N)=C(N)OC(C)=C2C(=O)OCCOC)c2ccccc21. The first-order chi connectivity index (χ1) is 13.9. The summed E-state index contributed by atoms with van der Waals surface area (Å²) in [5.74, 6) is -1.38. The van der Waals surface area contributed by atoms with Crippen LogP contribution in [-0.2, 0) is 29.2 Å². The first-order valence-electron chi connectivity index (χ1n) is 8.93. The third-order valence-electron chi connectivity index (χ3n) is 4.92. The number of rotatable bonds is 6. The van der Waals surface area contributed by atoms with Crippen molar-refractivity contribution in [2.24, 2.45) is 5.73 Å². The number of anilines is 1. The van der Waals surface area contributed by atoms with E-state index in [0.717, 1.165) is 0 Å². The van der Waals surface area contributed by atoms with E-state index in [1.165, 1.54) is 18.9 Å². The van der Waals surface area contributed by atoms with Gasteiger partial charge in [-0.2, -0.15) is 5.26 Å². The number of methoxy groups -OCH3 is 1. The molecule has 1 atom stereocenters. The van der Waals surface area contributed by atoms with Gasteiger partial charge >= 0.3 is 5.97 Å². The van der Waals surface area contributed by atoms with Crippen molar-refractivity contribution in [3.8, 4) is 6.07 Å². The fourth-order valence-corrected chi connectivity index (χ4v) is 3.81. The Balaban J connectivity index is 2.29. The fraction of sp³-hybridized carbons (Fsp3) is 0.286. The molecule has 0 fully saturated rings. The van der Waals surface area contributed by atoms with Crippen molar-refractivity contribution in [1.82, 2.24) is 0 Å². The second-order valence-corrected chi connectivity index (χ2v) is 6.48. The lowest BCUT2D eigenvalue weighted by molar-refractivity contribution is -0.142. The van der Waals surface area contributed by atoms with Crippen LogP contribution >= 0.6 is 0 Å². The van der Waals surface area contributed by atoms with Crippen LogP contribution in [0.5, 0.6) is 0 Å². The van der Waals surface area contributed by atoms with Crippen molar-refractivity contribution >= 4 is 17.6 Å². The van der Waals surface area contributed by atoms with Crippen LogP contribution in [0, 0.1) is 11.3 Å². The van der Waals surface area contributed by atoms with Gasteiger partial charge in [0.05, 0.1) is 6.61 Å². The third kappa shape index (κ3) is 2.87. The van der Waals surface area contributed by atoms with Gasteiger partial charge in [-0.1, -0.05) is 24.3 Å². The highest BCUT2D eigenvalue weighted by molar-refractivity contribution is 6.18. The number of hydrogen-bond donors (Lipinski definition) is 1. The Morgan fingerprint density at radius 3 is 2.79 bits per heavy atom. The number of carbonyl (C=O) groups excluding carboxylic acids is 2. The zero-order chi connectivity index (χ0) is 21.2. The summed E-state index contributed by atoms with van der Waals surface area (Å²) in [6.45, 7) is 5.58. The molecule has 0 bridgehead atoms. The van der Waals surface area contributed by atoms with E-state index in [2.05, 4.69) is 6.58 Å². The Morgan fingerprint density at radius 2 is 2.14 bits per heavy atom. The van der Waals surface area contributed by atoms with Crippen LogP contribution in [0.1, 0.15) is 12.5 Å². The van der Waals surface area contributed by atoms with Gasteiger partial charge in [0.15, 0.2) is 5.41 Å². The quantitative estimate of drug-likeness (QED) is 0.442. The van der Waals surface area contributed by atoms with Gasteiger partial charge in [-0.05, 0) is 13.0 Å². The number of carbonyl (C=O) groups is 2. The number of allylic oxidation sites excluding steroid dienone is 1. The molecular formula is C21H21N3O5. The van der Waals surface area contributed by atoms with Gasteiger partial charge in [0.2, 0.25) is 11.8 Å². The average molecular weight is 395 g/mol. The van der Waals surface area contributed by atoms with Crippen molar-refractivity contribution in [2.75, 3.05) is 31.8 Å². The maximum absolute atomic E-state index is 13.7. The number of nitriles is 1. The van der Waals surface area contributed by atoms with Crippen LogP contribution in [-0.4, -0.2) is 38.7 Å². The molecule has 0 unspecified atom stereocenters. The molecule has 2 N–H and O–H groups in total. The smallest absolute Gasteiger partial charge is 0.339 e. The Bertz CT molecular complexity index is 988. The maximum atomic E-state index is 13.7. The molecule has 0 saturated carbocycles. The second-order valence-electron chi connectivity index (χ2n) is 6.48. The van der Waals surface area contributed by atoms with E-state index in [4.69, 9.17) is 19.9 Å². The van der Waals surface area contributed by atoms with E-state index in [9.17, 15) is 14.9 Å². The van der Waals surface area contributed by atoms with Crippen LogP contribution < -0.4 is 10.6 Å².